The summed E-state index contributed by atoms with van der Waals surface area (Å²) in [4.78, 5) is 4.48. The highest BCUT2D eigenvalue weighted by Gasteiger charge is 2.15. The number of hydrogen-bond acceptors (Lipinski definition) is 5. The van der Waals surface area contributed by atoms with Gasteiger partial charge in [0.05, 0.1) is 12.1 Å². The van der Waals surface area contributed by atoms with E-state index in [4.69, 9.17) is 10.3 Å². The van der Waals surface area contributed by atoms with Crippen molar-refractivity contribution in [1.29, 1.82) is 0 Å². The predicted octanol–water partition coefficient (Wildman–Crippen LogP) is 2.14. The molecule has 0 radical (unpaired) electrons. The first-order valence-corrected chi connectivity index (χ1v) is 7.19. The molecule has 0 aliphatic heterocycles. The zero-order chi connectivity index (χ0) is 15.7. The number of nitrogens with zero attached hydrogens (tertiary/aromatic N) is 4. The van der Waals surface area contributed by atoms with Gasteiger partial charge >= 0.3 is 0 Å². The Morgan fingerprint density at radius 2 is 1.91 bits per heavy atom. The summed E-state index contributed by atoms with van der Waals surface area (Å²) in [5, 5.41) is 8.47. The average Bonchev–Trinajstić information content (AvgIpc) is 3.08. The van der Waals surface area contributed by atoms with E-state index in [0.717, 1.165) is 28.1 Å². The molecule has 0 unspecified atom stereocenters. The first-order valence-electron chi connectivity index (χ1n) is 7.19. The molecule has 2 aromatic heterocycles. The third-order valence-corrected chi connectivity index (χ3v) is 3.90. The zero-order valence-electron chi connectivity index (χ0n) is 13.0. The minimum Gasteiger partial charge on any atom is -0.339 e. The van der Waals surface area contributed by atoms with Crippen LogP contribution >= 0.6 is 0 Å². The van der Waals surface area contributed by atoms with Gasteiger partial charge in [-0.05, 0) is 19.4 Å². The molecule has 0 aliphatic carbocycles. The molecule has 3 rings (SSSR count). The smallest absolute Gasteiger partial charge is 0.231 e. The molecule has 2 heterocycles. The molecule has 0 saturated carbocycles. The number of aromatic nitrogens is 4. The lowest BCUT2D eigenvalue weighted by Gasteiger charge is -1.98. The van der Waals surface area contributed by atoms with Crippen LogP contribution in [0.5, 0.6) is 0 Å². The van der Waals surface area contributed by atoms with Gasteiger partial charge in [0.15, 0.2) is 0 Å². The summed E-state index contributed by atoms with van der Waals surface area (Å²) in [6.07, 6.45) is 0.597. The van der Waals surface area contributed by atoms with Gasteiger partial charge in [0.2, 0.25) is 11.7 Å². The van der Waals surface area contributed by atoms with E-state index in [-0.39, 0.29) is 0 Å². The number of benzene rings is 1. The summed E-state index contributed by atoms with van der Waals surface area (Å²) in [6.45, 7) is 4.56. The summed E-state index contributed by atoms with van der Waals surface area (Å²) >= 11 is 0. The molecule has 3 aromatic rings. The second kappa shape index (κ2) is 5.73. The van der Waals surface area contributed by atoms with Crippen molar-refractivity contribution < 1.29 is 4.52 Å². The third kappa shape index (κ3) is 2.65. The van der Waals surface area contributed by atoms with Crippen LogP contribution in [-0.4, -0.2) is 19.9 Å². The van der Waals surface area contributed by atoms with E-state index in [2.05, 4.69) is 15.2 Å². The van der Waals surface area contributed by atoms with Crippen molar-refractivity contribution >= 4 is 0 Å². The summed E-state index contributed by atoms with van der Waals surface area (Å²) in [5.41, 5.74) is 10.8. The molecule has 0 fully saturated rings. The number of rotatable bonds is 4. The molecular formula is C16H19N5O. The highest BCUT2D eigenvalue weighted by molar-refractivity contribution is 5.54. The summed E-state index contributed by atoms with van der Waals surface area (Å²) in [5.74, 6) is 1.19. The van der Waals surface area contributed by atoms with Crippen molar-refractivity contribution in [3.63, 3.8) is 0 Å². The Morgan fingerprint density at radius 1 is 1.18 bits per heavy atom. The molecule has 0 aliphatic rings. The van der Waals surface area contributed by atoms with Crippen LogP contribution in [0, 0.1) is 13.8 Å². The number of aryl methyl sites for hydroxylation is 2. The van der Waals surface area contributed by atoms with Crippen LogP contribution in [0.3, 0.4) is 0 Å². The molecule has 114 valence electrons. The monoisotopic (exact) mass is 297 g/mol. The maximum Gasteiger partial charge on any atom is 0.231 e. The summed E-state index contributed by atoms with van der Waals surface area (Å²) in [7, 11) is 1.93. The van der Waals surface area contributed by atoms with E-state index >= 15 is 0 Å². The van der Waals surface area contributed by atoms with Gasteiger partial charge in [0, 0.05) is 30.4 Å². The fourth-order valence-electron chi connectivity index (χ4n) is 2.46. The predicted molar refractivity (Wildman–Crippen MR) is 83.1 cm³/mol. The van der Waals surface area contributed by atoms with Gasteiger partial charge in [-0.2, -0.15) is 10.1 Å². The highest BCUT2D eigenvalue weighted by Crippen LogP contribution is 2.20. The lowest BCUT2D eigenvalue weighted by molar-refractivity contribution is 0.385. The van der Waals surface area contributed by atoms with Crippen LogP contribution in [-0.2, 0) is 20.0 Å². The molecule has 1 aromatic carbocycles. The fourth-order valence-corrected chi connectivity index (χ4v) is 2.46. The maximum absolute atomic E-state index is 5.60. The van der Waals surface area contributed by atoms with Crippen molar-refractivity contribution in [2.75, 3.05) is 0 Å². The SMILES string of the molecule is Cc1nn(C)c(C)c1Cc1nc(-c2ccc(CN)cc2)no1. The van der Waals surface area contributed by atoms with Gasteiger partial charge in [-0.3, -0.25) is 4.68 Å². The van der Waals surface area contributed by atoms with Crippen molar-refractivity contribution in [3.05, 3.63) is 52.7 Å². The van der Waals surface area contributed by atoms with Crippen LogP contribution in [0.4, 0.5) is 0 Å². The standard InChI is InChI=1S/C16H19N5O/c1-10-14(11(2)21(3)19-10)8-15-18-16(20-22-15)13-6-4-12(9-17)5-7-13/h4-7H,8-9,17H2,1-3H3. The van der Waals surface area contributed by atoms with Gasteiger partial charge in [0.25, 0.3) is 0 Å². The van der Waals surface area contributed by atoms with Crippen LogP contribution in [0.25, 0.3) is 11.4 Å². The fraction of sp³-hybridized carbons (Fsp3) is 0.312. The molecule has 0 atom stereocenters. The number of hydrogen-bond donors (Lipinski definition) is 1. The third-order valence-electron chi connectivity index (χ3n) is 3.90. The Labute approximate surface area is 129 Å². The van der Waals surface area contributed by atoms with Crippen molar-refractivity contribution in [2.45, 2.75) is 26.8 Å². The minimum absolute atomic E-state index is 0.525. The Hall–Kier alpha value is -2.47. The second-order valence-electron chi connectivity index (χ2n) is 5.36. The van der Waals surface area contributed by atoms with Crippen molar-refractivity contribution in [1.82, 2.24) is 19.9 Å². The molecular weight excluding hydrogens is 278 g/mol. The van der Waals surface area contributed by atoms with Crippen LogP contribution in [0.15, 0.2) is 28.8 Å². The lowest BCUT2D eigenvalue weighted by Crippen LogP contribution is -1.96. The molecule has 0 bridgehead atoms. The molecule has 6 nitrogen and oxygen atoms in total. The Kier molecular flexibility index (Phi) is 3.77. The van der Waals surface area contributed by atoms with E-state index in [1.165, 1.54) is 0 Å². The summed E-state index contributed by atoms with van der Waals surface area (Å²) < 4.78 is 7.24. The topological polar surface area (TPSA) is 82.8 Å². The Balaban J connectivity index is 1.84. The first-order chi connectivity index (χ1) is 10.6. The first kappa shape index (κ1) is 14.5. The van der Waals surface area contributed by atoms with E-state index in [0.29, 0.717) is 24.7 Å². The van der Waals surface area contributed by atoms with E-state index in [9.17, 15) is 0 Å². The molecule has 0 amide bonds. The molecule has 0 spiro atoms. The molecule has 0 saturated heterocycles. The summed E-state index contributed by atoms with van der Waals surface area (Å²) in [6, 6.07) is 7.86. The van der Waals surface area contributed by atoms with E-state index in [1.807, 2.05) is 49.8 Å². The van der Waals surface area contributed by atoms with Gasteiger partial charge in [-0.1, -0.05) is 29.4 Å². The largest absolute Gasteiger partial charge is 0.339 e. The molecule has 6 heteroatoms. The van der Waals surface area contributed by atoms with Crippen molar-refractivity contribution in [3.8, 4) is 11.4 Å². The van der Waals surface area contributed by atoms with Gasteiger partial charge < -0.3 is 10.3 Å². The van der Waals surface area contributed by atoms with Crippen LogP contribution in [0.1, 0.15) is 28.4 Å². The van der Waals surface area contributed by atoms with Crippen LogP contribution in [0.2, 0.25) is 0 Å². The Bertz CT molecular complexity index is 785. The van der Waals surface area contributed by atoms with Gasteiger partial charge in [0.1, 0.15) is 0 Å². The zero-order valence-corrected chi connectivity index (χ0v) is 13.0. The molecule has 22 heavy (non-hydrogen) atoms. The van der Waals surface area contributed by atoms with Gasteiger partial charge in [-0.25, -0.2) is 0 Å². The normalized spacial score (nSPS) is 11.1. The van der Waals surface area contributed by atoms with Crippen LogP contribution < -0.4 is 5.73 Å². The average molecular weight is 297 g/mol. The highest BCUT2D eigenvalue weighted by atomic mass is 16.5. The number of nitrogens with two attached hydrogens (primary N) is 1. The van der Waals surface area contributed by atoms with E-state index < -0.39 is 0 Å². The second-order valence-corrected chi connectivity index (χ2v) is 5.36. The van der Waals surface area contributed by atoms with E-state index in [1.54, 1.807) is 0 Å². The Morgan fingerprint density at radius 3 is 2.50 bits per heavy atom. The van der Waals surface area contributed by atoms with Crippen molar-refractivity contribution in [2.24, 2.45) is 12.8 Å². The quantitative estimate of drug-likeness (QED) is 0.797. The minimum atomic E-state index is 0.525. The van der Waals surface area contributed by atoms with Gasteiger partial charge in [-0.15, -0.1) is 0 Å². The molecule has 2 N–H and O–H groups in total. The lowest BCUT2D eigenvalue weighted by atomic mass is 10.1. The maximum atomic E-state index is 5.60.